The van der Waals surface area contributed by atoms with Crippen LogP contribution in [-0.2, 0) is 24.9 Å². The predicted octanol–water partition coefficient (Wildman–Crippen LogP) is 2.29. The summed E-state index contributed by atoms with van der Waals surface area (Å²) >= 11 is 6.35. The van der Waals surface area contributed by atoms with Crippen molar-refractivity contribution in [1.29, 1.82) is 0 Å². The summed E-state index contributed by atoms with van der Waals surface area (Å²) in [6, 6.07) is 5.76. The third-order valence-electron chi connectivity index (χ3n) is 5.49. The smallest absolute Gasteiger partial charge is 0.332 e. The van der Waals surface area contributed by atoms with Crippen LogP contribution in [0.15, 0.2) is 27.8 Å². The number of ether oxygens (including phenoxy) is 1. The summed E-state index contributed by atoms with van der Waals surface area (Å²) in [5.74, 6) is 0.933. The third-order valence-corrected chi connectivity index (χ3v) is 5.90. The Bertz CT molecular complexity index is 1210. The highest BCUT2D eigenvalue weighted by molar-refractivity contribution is 6.31. The first-order chi connectivity index (χ1) is 13.8. The summed E-state index contributed by atoms with van der Waals surface area (Å²) in [6.07, 6.45) is 0. The van der Waals surface area contributed by atoms with Gasteiger partial charge in [0.1, 0.15) is 0 Å². The van der Waals surface area contributed by atoms with Crippen LogP contribution in [-0.4, -0.2) is 38.9 Å². The fourth-order valence-electron chi connectivity index (χ4n) is 3.98. The van der Waals surface area contributed by atoms with Crippen LogP contribution < -0.4 is 16.1 Å². The highest BCUT2D eigenvalue weighted by Crippen LogP contribution is 2.36. The maximum Gasteiger partial charge on any atom is 0.332 e. The van der Waals surface area contributed by atoms with Gasteiger partial charge in [-0.1, -0.05) is 24.6 Å². The SMILES string of the molecule is COCCn1c(=O)c2c(nc3n2C[C@@H](C)CN3c2cccc(Cl)c2C)n(C)c1=O. The summed E-state index contributed by atoms with van der Waals surface area (Å²) in [4.78, 5) is 32.7. The van der Waals surface area contributed by atoms with E-state index in [4.69, 9.17) is 21.3 Å². The molecule has 1 aromatic carbocycles. The van der Waals surface area contributed by atoms with Crippen molar-refractivity contribution in [3.05, 3.63) is 49.6 Å². The van der Waals surface area contributed by atoms with Crippen LogP contribution in [0.5, 0.6) is 0 Å². The minimum atomic E-state index is -0.395. The zero-order chi connectivity index (χ0) is 20.9. The van der Waals surface area contributed by atoms with Crippen LogP contribution in [0.3, 0.4) is 0 Å². The predicted molar refractivity (Wildman–Crippen MR) is 113 cm³/mol. The first-order valence-electron chi connectivity index (χ1n) is 9.56. The normalized spacial score (nSPS) is 16.4. The van der Waals surface area contributed by atoms with Crippen LogP contribution >= 0.6 is 11.6 Å². The minimum absolute atomic E-state index is 0.200. The second-order valence-electron chi connectivity index (χ2n) is 7.59. The molecule has 0 aliphatic carbocycles. The van der Waals surface area contributed by atoms with Crippen molar-refractivity contribution in [2.45, 2.75) is 26.9 Å². The molecule has 4 rings (SSSR count). The van der Waals surface area contributed by atoms with E-state index in [1.54, 1.807) is 14.2 Å². The molecule has 1 aliphatic heterocycles. The van der Waals surface area contributed by atoms with E-state index in [0.717, 1.165) is 17.8 Å². The zero-order valence-corrected chi connectivity index (χ0v) is 17.7. The number of aromatic nitrogens is 4. The van der Waals surface area contributed by atoms with Gasteiger partial charge in [-0.3, -0.25) is 13.9 Å². The number of fused-ring (bicyclic) bond motifs is 3. The maximum atomic E-state index is 13.2. The van der Waals surface area contributed by atoms with Gasteiger partial charge in [0.25, 0.3) is 5.56 Å². The summed E-state index contributed by atoms with van der Waals surface area (Å²) in [5.41, 5.74) is 2.00. The lowest BCUT2D eigenvalue weighted by Crippen LogP contribution is -2.41. The minimum Gasteiger partial charge on any atom is -0.383 e. The van der Waals surface area contributed by atoms with Gasteiger partial charge in [0.05, 0.1) is 13.2 Å². The fourth-order valence-corrected chi connectivity index (χ4v) is 4.15. The molecule has 8 nitrogen and oxygen atoms in total. The van der Waals surface area contributed by atoms with Crippen molar-refractivity contribution in [2.75, 3.05) is 25.2 Å². The molecule has 0 spiro atoms. The molecule has 0 saturated heterocycles. The van der Waals surface area contributed by atoms with Crippen LogP contribution in [0.2, 0.25) is 5.02 Å². The topological polar surface area (TPSA) is 74.3 Å². The Morgan fingerprint density at radius 2 is 2.03 bits per heavy atom. The van der Waals surface area contributed by atoms with E-state index in [0.29, 0.717) is 28.7 Å². The highest BCUT2D eigenvalue weighted by atomic mass is 35.5. The molecule has 0 amide bonds. The number of aryl methyl sites for hydroxylation is 1. The van der Waals surface area contributed by atoms with E-state index < -0.39 is 5.69 Å². The number of halogens is 1. The van der Waals surface area contributed by atoms with Crippen molar-refractivity contribution in [2.24, 2.45) is 13.0 Å². The summed E-state index contributed by atoms with van der Waals surface area (Å²) in [7, 11) is 3.19. The number of rotatable bonds is 4. The number of nitrogens with zero attached hydrogens (tertiary/aromatic N) is 5. The highest BCUT2D eigenvalue weighted by Gasteiger charge is 2.30. The van der Waals surface area contributed by atoms with Gasteiger partial charge in [-0.15, -0.1) is 0 Å². The molecule has 1 atom stereocenters. The molecule has 9 heteroatoms. The molecule has 154 valence electrons. The van der Waals surface area contributed by atoms with Gasteiger partial charge >= 0.3 is 5.69 Å². The summed E-state index contributed by atoms with van der Waals surface area (Å²) < 4.78 is 9.65. The number of hydrogen-bond acceptors (Lipinski definition) is 5. The second-order valence-corrected chi connectivity index (χ2v) is 7.99. The van der Waals surface area contributed by atoms with E-state index in [9.17, 15) is 9.59 Å². The monoisotopic (exact) mass is 417 g/mol. The number of benzene rings is 1. The molecule has 0 saturated carbocycles. The van der Waals surface area contributed by atoms with Crippen molar-refractivity contribution in [3.63, 3.8) is 0 Å². The Hall–Kier alpha value is -2.58. The van der Waals surface area contributed by atoms with Crippen LogP contribution in [0, 0.1) is 12.8 Å². The lowest BCUT2D eigenvalue weighted by molar-refractivity contribution is 0.184. The van der Waals surface area contributed by atoms with Gasteiger partial charge in [0, 0.05) is 38.0 Å². The number of imidazole rings is 1. The Labute approximate surface area is 172 Å². The molecule has 0 N–H and O–H groups in total. The summed E-state index contributed by atoms with van der Waals surface area (Å²) in [5, 5.41) is 0.678. The molecule has 3 aromatic rings. The van der Waals surface area contributed by atoms with Gasteiger partial charge < -0.3 is 14.2 Å². The molecule has 0 radical (unpaired) electrons. The average Bonchev–Trinajstić information content (AvgIpc) is 3.07. The Morgan fingerprint density at radius 1 is 1.28 bits per heavy atom. The van der Waals surface area contributed by atoms with Crippen molar-refractivity contribution >= 4 is 34.4 Å². The number of anilines is 2. The number of hydrogen-bond donors (Lipinski definition) is 0. The summed E-state index contributed by atoms with van der Waals surface area (Å²) in [6.45, 7) is 5.98. The van der Waals surface area contributed by atoms with Crippen LogP contribution in [0.1, 0.15) is 12.5 Å². The van der Waals surface area contributed by atoms with Gasteiger partial charge in [0.15, 0.2) is 11.2 Å². The van der Waals surface area contributed by atoms with Gasteiger partial charge in [-0.25, -0.2) is 4.79 Å². The Kier molecular flexibility index (Phi) is 5.00. The Morgan fingerprint density at radius 3 is 2.76 bits per heavy atom. The van der Waals surface area contributed by atoms with Crippen molar-refractivity contribution in [1.82, 2.24) is 18.7 Å². The van der Waals surface area contributed by atoms with Crippen molar-refractivity contribution < 1.29 is 4.74 Å². The molecular formula is C20H24ClN5O3. The second kappa shape index (κ2) is 7.35. The zero-order valence-electron chi connectivity index (χ0n) is 17.0. The van der Waals surface area contributed by atoms with E-state index in [1.165, 1.54) is 9.13 Å². The molecule has 2 aromatic heterocycles. The van der Waals surface area contributed by atoms with E-state index in [2.05, 4.69) is 11.8 Å². The third kappa shape index (κ3) is 3.07. The largest absolute Gasteiger partial charge is 0.383 e. The molecule has 0 fully saturated rings. The lowest BCUT2D eigenvalue weighted by atomic mass is 10.1. The maximum absolute atomic E-state index is 13.2. The molecule has 29 heavy (non-hydrogen) atoms. The fraction of sp³-hybridized carbons (Fsp3) is 0.450. The first-order valence-corrected chi connectivity index (χ1v) is 9.94. The average molecular weight is 418 g/mol. The quantitative estimate of drug-likeness (QED) is 0.651. The van der Waals surface area contributed by atoms with E-state index >= 15 is 0 Å². The number of methoxy groups -OCH3 is 1. The molecule has 1 aliphatic rings. The molecule has 0 unspecified atom stereocenters. The Balaban J connectivity index is 2.00. The van der Waals surface area contributed by atoms with Crippen LogP contribution in [0.25, 0.3) is 11.2 Å². The van der Waals surface area contributed by atoms with Gasteiger partial charge in [-0.2, -0.15) is 4.98 Å². The van der Waals surface area contributed by atoms with Crippen LogP contribution in [0.4, 0.5) is 11.6 Å². The standard InChI is InChI=1S/C20H24ClN5O3/c1-12-10-25(15-7-5-6-14(21)13(15)2)19-22-17-16(26(19)11-12)18(27)24(8-9-29-4)20(28)23(17)3/h5-7,12H,8-11H2,1-4H3/t12-/m0/s1. The van der Waals surface area contributed by atoms with Gasteiger partial charge in [0.2, 0.25) is 5.95 Å². The molecular weight excluding hydrogens is 394 g/mol. The lowest BCUT2D eigenvalue weighted by Gasteiger charge is -2.34. The first kappa shape index (κ1) is 19.7. The van der Waals surface area contributed by atoms with E-state index in [1.807, 2.05) is 29.7 Å². The van der Waals surface area contributed by atoms with Gasteiger partial charge in [-0.05, 0) is 30.5 Å². The molecule has 3 heterocycles. The molecule has 0 bridgehead atoms. The van der Waals surface area contributed by atoms with E-state index in [-0.39, 0.29) is 24.6 Å². The van der Waals surface area contributed by atoms with Crippen molar-refractivity contribution in [3.8, 4) is 0 Å².